The van der Waals surface area contributed by atoms with Gasteiger partial charge in [-0.15, -0.1) is 0 Å². The molecule has 1 aromatic carbocycles. The SMILES string of the molecule is [CH2][C@@H](O)CNc1nc(N(C)c2ccc(-c3ccccn3)cc2)n2ncc(CC)c2n1. The lowest BCUT2D eigenvalue weighted by Gasteiger charge is -2.20. The van der Waals surface area contributed by atoms with E-state index in [2.05, 4.69) is 39.2 Å². The van der Waals surface area contributed by atoms with Crippen molar-refractivity contribution in [3.8, 4) is 11.3 Å². The van der Waals surface area contributed by atoms with Crippen LogP contribution in [0.5, 0.6) is 0 Å². The van der Waals surface area contributed by atoms with Crippen LogP contribution < -0.4 is 10.2 Å². The van der Waals surface area contributed by atoms with Crippen LogP contribution in [0.3, 0.4) is 0 Å². The average Bonchev–Trinajstić information content (AvgIpc) is 3.20. The van der Waals surface area contributed by atoms with Gasteiger partial charge in [0.05, 0.1) is 18.0 Å². The fourth-order valence-electron chi connectivity index (χ4n) is 3.17. The van der Waals surface area contributed by atoms with Crippen LogP contribution in [0.15, 0.2) is 54.9 Å². The Morgan fingerprint density at radius 1 is 1.17 bits per heavy atom. The maximum absolute atomic E-state index is 9.50. The number of aliphatic hydroxyl groups is 1. The first-order valence-electron chi connectivity index (χ1n) is 9.81. The number of rotatable bonds is 7. The number of pyridine rings is 1. The van der Waals surface area contributed by atoms with Crippen molar-refractivity contribution in [2.75, 3.05) is 23.8 Å². The molecule has 0 aliphatic heterocycles. The van der Waals surface area contributed by atoms with E-state index in [0.717, 1.165) is 34.6 Å². The Morgan fingerprint density at radius 3 is 2.63 bits per heavy atom. The average molecular weight is 402 g/mol. The van der Waals surface area contributed by atoms with Gasteiger partial charge < -0.3 is 15.3 Å². The second kappa shape index (κ2) is 8.46. The van der Waals surface area contributed by atoms with Gasteiger partial charge in [-0.3, -0.25) is 4.98 Å². The molecule has 153 valence electrons. The van der Waals surface area contributed by atoms with Crippen LogP contribution in [0.25, 0.3) is 16.9 Å². The van der Waals surface area contributed by atoms with E-state index in [-0.39, 0.29) is 6.54 Å². The molecule has 8 nitrogen and oxygen atoms in total. The summed E-state index contributed by atoms with van der Waals surface area (Å²) in [6.07, 6.45) is 3.65. The first-order valence-corrected chi connectivity index (χ1v) is 9.81. The Bertz CT molecular complexity index is 1120. The zero-order chi connectivity index (χ0) is 21.1. The van der Waals surface area contributed by atoms with E-state index >= 15 is 0 Å². The number of anilines is 3. The van der Waals surface area contributed by atoms with Gasteiger partial charge in [0, 0.05) is 36.6 Å². The van der Waals surface area contributed by atoms with Crippen LogP contribution in [0.2, 0.25) is 0 Å². The van der Waals surface area contributed by atoms with E-state index in [1.165, 1.54) is 0 Å². The Kier molecular flexibility index (Phi) is 5.58. The minimum atomic E-state index is -0.749. The molecule has 0 bridgehead atoms. The molecule has 3 aromatic heterocycles. The molecule has 3 heterocycles. The molecule has 2 N–H and O–H groups in total. The van der Waals surface area contributed by atoms with Crippen LogP contribution >= 0.6 is 0 Å². The summed E-state index contributed by atoms with van der Waals surface area (Å²) in [6, 6.07) is 14.0. The van der Waals surface area contributed by atoms with E-state index in [1.54, 1.807) is 10.7 Å². The van der Waals surface area contributed by atoms with E-state index in [0.29, 0.717) is 11.9 Å². The van der Waals surface area contributed by atoms with E-state index in [1.807, 2.05) is 60.6 Å². The largest absolute Gasteiger partial charge is 0.391 e. The van der Waals surface area contributed by atoms with Crippen LogP contribution in [0, 0.1) is 6.92 Å². The molecule has 0 spiro atoms. The zero-order valence-corrected chi connectivity index (χ0v) is 17.0. The summed E-state index contributed by atoms with van der Waals surface area (Å²) in [5, 5.41) is 17.0. The molecule has 8 heteroatoms. The third-order valence-electron chi connectivity index (χ3n) is 4.82. The Labute approximate surface area is 175 Å². The Balaban J connectivity index is 1.71. The number of nitrogens with zero attached hydrogens (tertiary/aromatic N) is 6. The molecular weight excluding hydrogens is 378 g/mol. The lowest BCUT2D eigenvalue weighted by atomic mass is 10.1. The fourth-order valence-corrected chi connectivity index (χ4v) is 3.17. The highest BCUT2D eigenvalue weighted by Crippen LogP contribution is 2.27. The number of hydrogen-bond acceptors (Lipinski definition) is 7. The summed E-state index contributed by atoms with van der Waals surface area (Å²) in [5.41, 5.74) is 4.68. The number of nitrogens with one attached hydrogen (secondary N) is 1. The van der Waals surface area contributed by atoms with Gasteiger partial charge in [-0.2, -0.15) is 19.6 Å². The van der Waals surface area contributed by atoms with Gasteiger partial charge in [0.2, 0.25) is 11.9 Å². The summed E-state index contributed by atoms with van der Waals surface area (Å²) < 4.78 is 1.73. The summed E-state index contributed by atoms with van der Waals surface area (Å²) >= 11 is 0. The molecule has 30 heavy (non-hydrogen) atoms. The van der Waals surface area contributed by atoms with Crippen molar-refractivity contribution in [3.63, 3.8) is 0 Å². The minimum Gasteiger partial charge on any atom is -0.391 e. The highest BCUT2D eigenvalue weighted by Gasteiger charge is 2.17. The molecule has 1 radical (unpaired) electrons. The lowest BCUT2D eigenvalue weighted by molar-refractivity contribution is 0.233. The normalized spacial score (nSPS) is 12.1. The van der Waals surface area contributed by atoms with Gasteiger partial charge in [0.25, 0.3) is 0 Å². The van der Waals surface area contributed by atoms with Gasteiger partial charge in [-0.05, 0) is 37.6 Å². The van der Waals surface area contributed by atoms with Crippen LogP contribution in [-0.2, 0) is 6.42 Å². The predicted molar refractivity (Wildman–Crippen MR) is 118 cm³/mol. The molecule has 4 rings (SSSR count). The lowest BCUT2D eigenvalue weighted by Crippen LogP contribution is -2.21. The summed E-state index contributed by atoms with van der Waals surface area (Å²) in [7, 11) is 1.94. The van der Waals surface area contributed by atoms with Crippen molar-refractivity contribution in [2.45, 2.75) is 19.4 Å². The van der Waals surface area contributed by atoms with E-state index < -0.39 is 6.10 Å². The molecule has 0 aliphatic carbocycles. The molecule has 0 saturated heterocycles. The number of aromatic nitrogens is 5. The molecular formula is C22H24N7O. The topological polar surface area (TPSA) is 91.5 Å². The second-order valence-electron chi connectivity index (χ2n) is 6.96. The molecule has 1 atom stereocenters. The zero-order valence-electron chi connectivity index (χ0n) is 17.0. The van der Waals surface area contributed by atoms with Crippen molar-refractivity contribution in [3.05, 3.63) is 67.3 Å². The van der Waals surface area contributed by atoms with Crippen molar-refractivity contribution in [1.29, 1.82) is 0 Å². The molecule has 0 unspecified atom stereocenters. The first kappa shape index (κ1) is 19.8. The van der Waals surface area contributed by atoms with Crippen LogP contribution in [0.1, 0.15) is 12.5 Å². The number of aliphatic hydroxyl groups excluding tert-OH is 1. The fraction of sp³-hybridized carbons (Fsp3) is 0.227. The maximum Gasteiger partial charge on any atom is 0.236 e. The highest BCUT2D eigenvalue weighted by molar-refractivity contribution is 5.67. The molecule has 4 aromatic rings. The Morgan fingerprint density at radius 2 is 1.97 bits per heavy atom. The number of benzene rings is 1. The summed E-state index contributed by atoms with van der Waals surface area (Å²) in [4.78, 5) is 15.6. The minimum absolute atomic E-state index is 0.258. The molecule has 0 amide bonds. The number of aryl methyl sites for hydroxylation is 1. The third-order valence-corrected chi connectivity index (χ3v) is 4.82. The van der Waals surface area contributed by atoms with Crippen LogP contribution in [-0.4, -0.2) is 49.4 Å². The molecule has 0 fully saturated rings. The predicted octanol–water partition coefficient (Wildman–Crippen LogP) is 3.12. The van der Waals surface area contributed by atoms with Crippen molar-refractivity contribution < 1.29 is 5.11 Å². The smallest absolute Gasteiger partial charge is 0.236 e. The van der Waals surface area contributed by atoms with E-state index in [4.69, 9.17) is 0 Å². The standard InChI is InChI=1S/C22H24N7O/c1-4-16-14-25-29-20(16)26-21(24-13-15(2)30)27-22(29)28(3)18-10-8-17(9-11-18)19-7-5-6-12-23-19/h5-12,14-15,30H,2,4,13H2,1,3H3,(H,24,26)/t15-/m1/s1. The summed E-state index contributed by atoms with van der Waals surface area (Å²) in [6.45, 7) is 5.90. The Hall–Kier alpha value is -3.52. The van der Waals surface area contributed by atoms with Crippen molar-refractivity contribution in [2.24, 2.45) is 0 Å². The highest BCUT2D eigenvalue weighted by atomic mass is 16.3. The van der Waals surface area contributed by atoms with E-state index in [9.17, 15) is 5.11 Å². The van der Waals surface area contributed by atoms with Gasteiger partial charge >= 0.3 is 0 Å². The molecule has 0 aliphatic rings. The monoisotopic (exact) mass is 402 g/mol. The third kappa shape index (κ3) is 3.95. The quantitative estimate of drug-likeness (QED) is 0.491. The van der Waals surface area contributed by atoms with Crippen molar-refractivity contribution in [1.82, 2.24) is 24.6 Å². The molecule has 0 saturated carbocycles. The summed E-state index contributed by atoms with van der Waals surface area (Å²) in [5.74, 6) is 1.04. The second-order valence-corrected chi connectivity index (χ2v) is 6.96. The van der Waals surface area contributed by atoms with Gasteiger partial charge in [-0.1, -0.05) is 25.1 Å². The van der Waals surface area contributed by atoms with Gasteiger partial charge in [0.15, 0.2) is 5.65 Å². The van der Waals surface area contributed by atoms with Gasteiger partial charge in [0.1, 0.15) is 0 Å². The number of fused-ring (bicyclic) bond motifs is 1. The first-order chi connectivity index (χ1) is 14.6. The van der Waals surface area contributed by atoms with Gasteiger partial charge in [-0.25, -0.2) is 0 Å². The van der Waals surface area contributed by atoms with Crippen molar-refractivity contribution >= 4 is 23.2 Å². The number of hydrogen-bond donors (Lipinski definition) is 2. The van der Waals surface area contributed by atoms with Crippen LogP contribution in [0.4, 0.5) is 17.6 Å². The maximum atomic E-state index is 9.50.